The summed E-state index contributed by atoms with van der Waals surface area (Å²) in [5.74, 6) is 0.511. The number of hydrogen-bond acceptors (Lipinski definition) is 1. The molecule has 0 bridgehead atoms. The second kappa shape index (κ2) is 5.43. The first-order chi connectivity index (χ1) is 8.47. The summed E-state index contributed by atoms with van der Waals surface area (Å²) in [6.07, 6.45) is 2.58. The van der Waals surface area contributed by atoms with Crippen LogP contribution in [0.2, 0.25) is 0 Å². The van der Waals surface area contributed by atoms with Gasteiger partial charge in [-0.15, -0.1) is 0 Å². The monoisotopic (exact) mass is 310 g/mol. The minimum absolute atomic E-state index is 0.178. The molecule has 0 saturated heterocycles. The van der Waals surface area contributed by atoms with Crippen molar-refractivity contribution >= 4 is 21.9 Å². The normalized spacial score (nSPS) is 16.9. The number of aliphatic carboxylic acids is 1. The van der Waals surface area contributed by atoms with E-state index < -0.39 is 5.97 Å². The van der Waals surface area contributed by atoms with Crippen LogP contribution in [0.3, 0.4) is 0 Å². The molecule has 1 aliphatic rings. The lowest BCUT2D eigenvalue weighted by atomic mass is 9.88. The standard InChI is InChI=1S/C15H19BrO2/c1-9(2)11-5-12(7-13(16)6-11)14(8-15(17)18)10-3-4-10/h5-7,9-10,14H,3-4,8H2,1-2H3,(H,17,18). The zero-order chi connectivity index (χ0) is 13.3. The largest absolute Gasteiger partial charge is 0.481 e. The average Bonchev–Trinajstić information content (AvgIpc) is 3.08. The SMILES string of the molecule is CC(C)c1cc(Br)cc(C(CC(=O)O)C2CC2)c1. The highest BCUT2D eigenvalue weighted by Crippen LogP contribution is 2.45. The number of halogens is 1. The van der Waals surface area contributed by atoms with E-state index in [4.69, 9.17) is 5.11 Å². The fraction of sp³-hybridized carbons (Fsp3) is 0.533. The van der Waals surface area contributed by atoms with Crippen molar-refractivity contribution in [3.63, 3.8) is 0 Å². The van der Waals surface area contributed by atoms with Crippen molar-refractivity contribution < 1.29 is 9.90 Å². The summed E-state index contributed by atoms with van der Waals surface area (Å²) in [5, 5.41) is 9.06. The van der Waals surface area contributed by atoms with Gasteiger partial charge < -0.3 is 5.11 Å². The van der Waals surface area contributed by atoms with Gasteiger partial charge in [0.2, 0.25) is 0 Å². The smallest absolute Gasteiger partial charge is 0.303 e. The van der Waals surface area contributed by atoms with E-state index in [1.165, 1.54) is 24.0 Å². The zero-order valence-electron chi connectivity index (χ0n) is 10.8. The van der Waals surface area contributed by atoms with Gasteiger partial charge in [0.1, 0.15) is 0 Å². The molecule has 1 aromatic rings. The third kappa shape index (κ3) is 3.35. The lowest BCUT2D eigenvalue weighted by Gasteiger charge is -2.17. The Morgan fingerprint density at radius 3 is 2.44 bits per heavy atom. The van der Waals surface area contributed by atoms with Gasteiger partial charge in [0.05, 0.1) is 6.42 Å². The maximum atomic E-state index is 11.0. The predicted octanol–water partition coefficient (Wildman–Crippen LogP) is 4.54. The lowest BCUT2D eigenvalue weighted by molar-refractivity contribution is -0.137. The van der Waals surface area contributed by atoms with Crippen molar-refractivity contribution in [1.82, 2.24) is 0 Å². The van der Waals surface area contributed by atoms with E-state index in [2.05, 4.69) is 48.0 Å². The molecule has 0 radical (unpaired) electrons. The first kappa shape index (κ1) is 13.6. The van der Waals surface area contributed by atoms with E-state index in [0.29, 0.717) is 11.8 Å². The molecule has 98 valence electrons. The minimum Gasteiger partial charge on any atom is -0.481 e. The Balaban J connectivity index is 2.31. The van der Waals surface area contributed by atoms with Gasteiger partial charge in [-0.2, -0.15) is 0 Å². The number of carboxylic acid groups (broad SMARTS) is 1. The summed E-state index contributed by atoms with van der Waals surface area (Å²) in [6, 6.07) is 6.39. The molecular weight excluding hydrogens is 292 g/mol. The average molecular weight is 311 g/mol. The van der Waals surface area contributed by atoms with Crippen molar-refractivity contribution in [3.8, 4) is 0 Å². The summed E-state index contributed by atoms with van der Waals surface area (Å²) >= 11 is 3.54. The molecule has 0 heterocycles. The topological polar surface area (TPSA) is 37.3 Å². The van der Waals surface area contributed by atoms with Crippen LogP contribution in [-0.2, 0) is 4.79 Å². The minimum atomic E-state index is -0.696. The van der Waals surface area contributed by atoms with Crippen LogP contribution in [0.15, 0.2) is 22.7 Å². The van der Waals surface area contributed by atoms with Crippen LogP contribution < -0.4 is 0 Å². The number of carbonyl (C=O) groups is 1. The van der Waals surface area contributed by atoms with Crippen LogP contribution in [0.25, 0.3) is 0 Å². The van der Waals surface area contributed by atoms with E-state index in [9.17, 15) is 4.79 Å². The molecule has 3 heteroatoms. The van der Waals surface area contributed by atoms with Crippen LogP contribution in [0.4, 0.5) is 0 Å². The zero-order valence-corrected chi connectivity index (χ0v) is 12.4. The summed E-state index contributed by atoms with van der Waals surface area (Å²) in [4.78, 5) is 11.0. The van der Waals surface area contributed by atoms with Gasteiger partial charge in [-0.25, -0.2) is 0 Å². The quantitative estimate of drug-likeness (QED) is 0.866. The van der Waals surface area contributed by atoms with E-state index in [-0.39, 0.29) is 12.3 Å². The fourth-order valence-electron chi connectivity index (χ4n) is 2.43. The number of rotatable bonds is 5. The molecular formula is C15H19BrO2. The van der Waals surface area contributed by atoms with Crippen LogP contribution in [-0.4, -0.2) is 11.1 Å². The van der Waals surface area contributed by atoms with Gasteiger partial charge in [-0.05, 0) is 53.9 Å². The molecule has 2 nitrogen and oxygen atoms in total. The first-order valence-electron chi connectivity index (χ1n) is 6.49. The van der Waals surface area contributed by atoms with Crippen molar-refractivity contribution in [3.05, 3.63) is 33.8 Å². The van der Waals surface area contributed by atoms with Crippen LogP contribution in [0.1, 0.15) is 56.1 Å². The van der Waals surface area contributed by atoms with E-state index in [1.807, 2.05) is 0 Å². The second-order valence-electron chi connectivity index (χ2n) is 5.51. The summed E-state index contributed by atoms with van der Waals surface area (Å²) in [5.41, 5.74) is 2.45. The van der Waals surface area contributed by atoms with Crippen LogP contribution >= 0.6 is 15.9 Å². The Morgan fingerprint density at radius 1 is 1.33 bits per heavy atom. The molecule has 0 amide bonds. The molecule has 2 rings (SSSR count). The molecule has 0 spiro atoms. The Hall–Kier alpha value is -0.830. The summed E-state index contributed by atoms with van der Waals surface area (Å²) < 4.78 is 1.06. The molecule has 0 aliphatic heterocycles. The molecule has 1 aliphatic carbocycles. The lowest BCUT2D eigenvalue weighted by Crippen LogP contribution is -2.09. The van der Waals surface area contributed by atoms with Gasteiger partial charge in [-0.3, -0.25) is 4.79 Å². The number of benzene rings is 1. The summed E-state index contributed by atoms with van der Waals surface area (Å²) in [6.45, 7) is 4.32. The first-order valence-corrected chi connectivity index (χ1v) is 7.29. The Morgan fingerprint density at radius 2 is 1.94 bits per heavy atom. The highest BCUT2D eigenvalue weighted by atomic mass is 79.9. The molecule has 1 fully saturated rings. The van der Waals surface area contributed by atoms with E-state index in [1.54, 1.807) is 0 Å². The Bertz CT molecular complexity index is 450. The maximum Gasteiger partial charge on any atom is 0.303 e. The van der Waals surface area contributed by atoms with Crippen molar-refractivity contribution in [2.45, 2.75) is 44.9 Å². The van der Waals surface area contributed by atoms with Gasteiger partial charge in [0.15, 0.2) is 0 Å². The van der Waals surface area contributed by atoms with Gasteiger partial charge in [0, 0.05) is 4.47 Å². The number of carboxylic acids is 1. The van der Waals surface area contributed by atoms with E-state index >= 15 is 0 Å². The predicted molar refractivity (Wildman–Crippen MR) is 75.9 cm³/mol. The van der Waals surface area contributed by atoms with Gasteiger partial charge >= 0.3 is 5.97 Å². The van der Waals surface area contributed by atoms with Crippen molar-refractivity contribution in [2.75, 3.05) is 0 Å². The Kier molecular flexibility index (Phi) is 4.10. The molecule has 1 atom stereocenters. The van der Waals surface area contributed by atoms with E-state index in [0.717, 1.165) is 4.47 Å². The molecule has 1 aromatic carbocycles. The molecule has 1 N–H and O–H groups in total. The highest BCUT2D eigenvalue weighted by molar-refractivity contribution is 9.10. The molecule has 18 heavy (non-hydrogen) atoms. The highest BCUT2D eigenvalue weighted by Gasteiger charge is 2.34. The molecule has 1 unspecified atom stereocenters. The Labute approximate surface area is 117 Å². The van der Waals surface area contributed by atoms with Crippen molar-refractivity contribution in [1.29, 1.82) is 0 Å². The third-order valence-corrected chi connectivity index (χ3v) is 4.08. The number of hydrogen-bond donors (Lipinski definition) is 1. The summed E-state index contributed by atoms with van der Waals surface area (Å²) in [7, 11) is 0. The van der Waals surface area contributed by atoms with Crippen molar-refractivity contribution in [2.24, 2.45) is 5.92 Å². The van der Waals surface area contributed by atoms with Crippen LogP contribution in [0.5, 0.6) is 0 Å². The van der Waals surface area contributed by atoms with Gasteiger partial charge in [0.25, 0.3) is 0 Å². The fourth-order valence-corrected chi connectivity index (χ4v) is 2.96. The van der Waals surface area contributed by atoms with Crippen LogP contribution in [0, 0.1) is 5.92 Å². The molecule has 1 saturated carbocycles. The third-order valence-electron chi connectivity index (χ3n) is 3.62. The second-order valence-corrected chi connectivity index (χ2v) is 6.43. The molecule has 0 aromatic heterocycles. The maximum absolute atomic E-state index is 11.0. The van der Waals surface area contributed by atoms with Gasteiger partial charge in [-0.1, -0.05) is 35.8 Å².